The highest BCUT2D eigenvalue weighted by Crippen LogP contribution is 2.40. The molecule has 6 nitrogen and oxygen atoms in total. The Bertz CT molecular complexity index is 2660. The SMILES string of the molecule is C1=NCc2oc3c(-c4ccccc4)cccc3c2C1=C1NC(c2cccc3oc4ccccc4c23)=NC(c2ccc3ccccc3c2)N1. The van der Waals surface area contributed by atoms with Crippen LogP contribution in [0.2, 0.25) is 0 Å². The first-order chi connectivity index (χ1) is 23.8. The third-order valence-corrected chi connectivity index (χ3v) is 9.40. The number of nitrogens with zero attached hydrogens (tertiary/aromatic N) is 2. The van der Waals surface area contributed by atoms with Gasteiger partial charge in [-0.15, -0.1) is 0 Å². The van der Waals surface area contributed by atoms with Crippen LogP contribution in [-0.4, -0.2) is 12.1 Å². The number of amidine groups is 1. The van der Waals surface area contributed by atoms with Crippen molar-refractivity contribution in [3.8, 4) is 11.1 Å². The first kappa shape index (κ1) is 26.8. The fourth-order valence-corrected chi connectivity index (χ4v) is 7.17. The van der Waals surface area contributed by atoms with Crippen molar-refractivity contribution in [1.29, 1.82) is 0 Å². The molecule has 0 spiro atoms. The van der Waals surface area contributed by atoms with Crippen molar-refractivity contribution in [2.45, 2.75) is 12.7 Å². The van der Waals surface area contributed by atoms with Crippen molar-refractivity contribution in [3.05, 3.63) is 162 Å². The Morgan fingerprint density at radius 1 is 0.646 bits per heavy atom. The van der Waals surface area contributed by atoms with E-state index in [9.17, 15) is 0 Å². The van der Waals surface area contributed by atoms with E-state index in [1.807, 2.05) is 42.6 Å². The zero-order valence-electron chi connectivity index (χ0n) is 25.8. The van der Waals surface area contributed by atoms with E-state index in [2.05, 4.69) is 108 Å². The van der Waals surface area contributed by atoms with Gasteiger partial charge in [0.05, 0.1) is 6.54 Å². The summed E-state index contributed by atoms with van der Waals surface area (Å²) in [5, 5.41) is 13.0. The topological polar surface area (TPSA) is 75.1 Å². The number of benzene rings is 6. The van der Waals surface area contributed by atoms with E-state index >= 15 is 0 Å². The van der Waals surface area contributed by atoms with Gasteiger partial charge in [-0.2, -0.15) is 0 Å². The molecule has 0 fully saturated rings. The molecule has 0 radical (unpaired) electrons. The van der Waals surface area contributed by atoms with Crippen LogP contribution in [0, 0.1) is 0 Å². The summed E-state index contributed by atoms with van der Waals surface area (Å²) in [6.45, 7) is 0.477. The molecule has 0 bridgehead atoms. The molecule has 228 valence electrons. The van der Waals surface area contributed by atoms with Gasteiger partial charge in [-0.1, -0.05) is 115 Å². The normalized spacial score (nSPS) is 17.4. The van der Waals surface area contributed by atoms with Gasteiger partial charge in [0.25, 0.3) is 0 Å². The zero-order valence-corrected chi connectivity index (χ0v) is 25.8. The van der Waals surface area contributed by atoms with Crippen molar-refractivity contribution < 1.29 is 8.83 Å². The Kier molecular flexibility index (Phi) is 5.90. The average Bonchev–Trinajstić information content (AvgIpc) is 3.73. The largest absolute Gasteiger partial charge is 0.458 e. The maximum absolute atomic E-state index is 6.62. The van der Waals surface area contributed by atoms with Crippen LogP contribution in [0.1, 0.15) is 28.6 Å². The molecule has 1 unspecified atom stereocenters. The Labute approximate surface area is 275 Å². The highest BCUT2D eigenvalue weighted by atomic mass is 16.3. The van der Waals surface area contributed by atoms with Gasteiger partial charge in [0.2, 0.25) is 0 Å². The van der Waals surface area contributed by atoms with Gasteiger partial charge in [-0.25, -0.2) is 4.99 Å². The molecule has 0 aliphatic carbocycles. The molecule has 6 aromatic carbocycles. The summed E-state index contributed by atoms with van der Waals surface area (Å²) in [5.74, 6) is 2.42. The number of aliphatic imine (C=N–C) groups is 2. The van der Waals surface area contributed by atoms with E-state index in [1.54, 1.807) is 0 Å². The Morgan fingerprint density at radius 2 is 1.42 bits per heavy atom. The van der Waals surface area contributed by atoms with E-state index in [1.165, 1.54) is 10.8 Å². The molecule has 6 heteroatoms. The summed E-state index contributed by atoms with van der Waals surface area (Å²) >= 11 is 0. The number of furan rings is 2. The predicted molar refractivity (Wildman–Crippen MR) is 194 cm³/mol. The van der Waals surface area contributed by atoms with Crippen molar-refractivity contribution in [1.82, 2.24) is 10.6 Å². The number of para-hydroxylation sites is 2. The average molecular weight is 621 g/mol. The number of fused-ring (bicyclic) bond motifs is 7. The number of hydrogen-bond donors (Lipinski definition) is 2. The Hall–Kier alpha value is -6.40. The van der Waals surface area contributed by atoms with E-state index in [0.717, 1.165) is 83.7 Å². The highest BCUT2D eigenvalue weighted by Gasteiger charge is 2.29. The minimum absolute atomic E-state index is 0.362. The second kappa shape index (κ2) is 10.6. The summed E-state index contributed by atoms with van der Waals surface area (Å²) in [5.41, 5.74) is 8.72. The summed E-state index contributed by atoms with van der Waals surface area (Å²) in [7, 11) is 0. The third-order valence-electron chi connectivity index (χ3n) is 9.40. The van der Waals surface area contributed by atoms with Crippen LogP contribution in [0.3, 0.4) is 0 Å². The van der Waals surface area contributed by atoms with Gasteiger partial charge in [0.15, 0.2) is 0 Å². The van der Waals surface area contributed by atoms with Gasteiger partial charge in [-0.3, -0.25) is 4.99 Å². The van der Waals surface area contributed by atoms with Gasteiger partial charge in [0, 0.05) is 44.6 Å². The van der Waals surface area contributed by atoms with E-state index in [4.69, 9.17) is 18.8 Å². The maximum Gasteiger partial charge on any atom is 0.148 e. The molecule has 4 heterocycles. The molecule has 8 aromatic rings. The molecule has 48 heavy (non-hydrogen) atoms. The molecule has 0 amide bonds. The van der Waals surface area contributed by atoms with Gasteiger partial charge in [-0.05, 0) is 40.1 Å². The minimum atomic E-state index is -0.362. The first-order valence-electron chi connectivity index (χ1n) is 16.1. The third kappa shape index (κ3) is 4.19. The van der Waals surface area contributed by atoms with Crippen LogP contribution in [0.15, 0.2) is 158 Å². The van der Waals surface area contributed by atoms with Gasteiger partial charge < -0.3 is 19.5 Å². The number of rotatable bonds is 3. The van der Waals surface area contributed by atoms with E-state index < -0.39 is 0 Å². The molecule has 1 atom stereocenters. The number of nitrogens with one attached hydrogen (secondary N) is 2. The maximum atomic E-state index is 6.62. The summed E-state index contributed by atoms with van der Waals surface area (Å²) in [6, 6.07) is 46.0. The molecule has 0 saturated heterocycles. The van der Waals surface area contributed by atoms with Gasteiger partial charge >= 0.3 is 0 Å². The zero-order chi connectivity index (χ0) is 31.6. The fraction of sp³-hybridized carbons (Fsp3) is 0.0476. The molecule has 0 saturated carbocycles. The number of allylic oxidation sites excluding steroid dienone is 1. The molecular weight excluding hydrogens is 592 g/mol. The smallest absolute Gasteiger partial charge is 0.148 e. The number of hydrogen-bond acceptors (Lipinski definition) is 6. The van der Waals surface area contributed by atoms with Crippen LogP contribution in [0.25, 0.3) is 60.4 Å². The predicted octanol–water partition coefficient (Wildman–Crippen LogP) is 9.74. The van der Waals surface area contributed by atoms with Crippen molar-refractivity contribution in [3.63, 3.8) is 0 Å². The van der Waals surface area contributed by atoms with Gasteiger partial charge in [0.1, 0.15) is 40.3 Å². The van der Waals surface area contributed by atoms with E-state index in [0.29, 0.717) is 6.54 Å². The quantitative estimate of drug-likeness (QED) is 0.206. The first-order valence-corrected chi connectivity index (χ1v) is 16.1. The lowest BCUT2D eigenvalue weighted by atomic mass is 9.96. The lowest BCUT2D eigenvalue weighted by molar-refractivity contribution is 0.550. The molecule has 10 rings (SSSR count). The Balaban J connectivity index is 1.19. The van der Waals surface area contributed by atoms with Crippen molar-refractivity contribution >= 4 is 61.3 Å². The van der Waals surface area contributed by atoms with Crippen molar-refractivity contribution in [2.24, 2.45) is 9.98 Å². The fourth-order valence-electron chi connectivity index (χ4n) is 7.17. The summed E-state index contributed by atoms with van der Waals surface area (Å²) in [6.07, 6.45) is 1.59. The molecule has 2 N–H and O–H groups in total. The highest BCUT2D eigenvalue weighted by molar-refractivity contribution is 6.21. The summed E-state index contributed by atoms with van der Waals surface area (Å²) in [4.78, 5) is 10.1. The summed E-state index contributed by atoms with van der Waals surface area (Å²) < 4.78 is 12.9. The molecule has 2 aromatic heterocycles. The van der Waals surface area contributed by atoms with Crippen LogP contribution in [0.4, 0.5) is 0 Å². The monoisotopic (exact) mass is 620 g/mol. The lowest BCUT2D eigenvalue weighted by Gasteiger charge is -2.29. The van der Waals surface area contributed by atoms with Crippen molar-refractivity contribution in [2.75, 3.05) is 0 Å². The molecule has 2 aliphatic rings. The van der Waals surface area contributed by atoms with Crippen LogP contribution in [0.5, 0.6) is 0 Å². The second-order valence-corrected chi connectivity index (χ2v) is 12.2. The standard InChI is InChI=1S/C42H28N4O2/c1-2-11-26(12-3-1)29-15-8-16-31-38-33(23-43-24-36(38)48-39(29)31)42-45-40(28-21-20-25-10-4-5-13-27(25)22-28)44-41(46-42)32-17-9-19-35-37(32)30-14-6-7-18-34(30)47-35/h1-23,40,45H,24H2,(H,44,46). The Morgan fingerprint density at radius 3 is 2.35 bits per heavy atom. The van der Waals surface area contributed by atoms with Crippen LogP contribution in [-0.2, 0) is 6.54 Å². The molecular formula is C42H28N4O2. The lowest BCUT2D eigenvalue weighted by Crippen LogP contribution is -2.41. The van der Waals surface area contributed by atoms with Crippen LogP contribution < -0.4 is 10.6 Å². The molecule has 2 aliphatic heterocycles. The van der Waals surface area contributed by atoms with Crippen LogP contribution >= 0.6 is 0 Å². The van der Waals surface area contributed by atoms with E-state index in [-0.39, 0.29) is 6.17 Å². The minimum Gasteiger partial charge on any atom is -0.458 e. The second-order valence-electron chi connectivity index (χ2n) is 12.2.